The van der Waals surface area contributed by atoms with E-state index in [-0.39, 0.29) is 0 Å². The fraction of sp³-hybridized carbons (Fsp3) is 0.273. The van der Waals surface area contributed by atoms with Crippen molar-refractivity contribution in [3.05, 3.63) is 41.1 Å². The average Bonchev–Trinajstić information content (AvgIpc) is 2.17. The highest BCUT2D eigenvalue weighted by molar-refractivity contribution is 5.59. The number of nitrogens with one attached hydrogen (secondary N) is 1. The Kier molecular flexibility index (Phi) is 1.86. The normalized spacial score (nSPS) is 13.8. The minimum Gasteiger partial charge on any atom is -0.387 e. The largest absolute Gasteiger partial charge is 0.387 e. The lowest BCUT2D eigenvalue weighted by atomic mass is 9.98. The summed E-state index contributed by atoms with van der Waals surface area (Å²) in [6.45, 7) is 3.17. The highest BCUT2D eigenvalue weighted by atomic mass is 14.8. The van der Waals surface area contributed by atoms with E-state index in [4.69, 9.17) is 0 Å². The lowest BCUT2D eigenvalue weighted by Crippen LogP contribution is -2.11. The van der Waals surface area contributed by atoms with E-state index >= 15 is 0 Å². The summed E-state index contributed by atoms with van der Waals surface area (Å²) in [6.07, 6.45) is 5.31. The molecule has 0 saturated carbocycles. The molecule has 12 heavy (non-hydrogen) atoms. The molecule has 0 aliphatic carbocycles. The minimum absolute atomic E-state index is 0.972. The molecule has 0 unspecified atom stereocenters. The molecule has 0 radical (unpaired) electrons. The standard InChI is InChI=1S/C11H13N/c1-2-9-4-3-5-10-8-12-7-6-11(9)10/h3-7,12H,2,8H2,1H3. The fourth-order valence-electron chi connectivity index (χ4n) is 1.65. The van der Waals surface area contributed by atoms with Gasteiger partial charge in [-0.15, -0.1) is 0 Å². The van der Waals surface area contributed by atoms with E-state index < -0.39 is 0 Å². The Morgan fingerprint density at radius 3 is 3.17 bits per heavy atom. The summed E-state index contributed by atoms with van der Waals surface area (Å²) >= 11 is 0. The van der Waals surface area contributed by atoms with Crippen molar-refractivity contribution in [3.8, 4) is 0 Å². The molecule has 0 atom stereocenters. The molecule has 0 aromatic heterocycles. The van der Waals surface area contributed by atoms with Crippen molar-refractivity contribution in [2.45, 2.75) is 19.9 Å². The van der Waals surface area contributed by atoms with Crippen LogP contribution in [0.5, 0.6) is 0 Å². The molecule has 1 heteroatoms. The van der Waals surface area contributed by atoms with Crippen LogP contribution < -0.4 is 5.32 Å². The van der Waals surface area contributed by atoms with Crippen LogP contribution in [0.3, 0.4) is 0 Å². The van der Waals surface area contributed by atoms with Crippen molar-refractivity contribution in [1.82, 2.24) is 5.32 Å². The summed E-state index contributed by atoms with van der Waals surface area (Å²) in [5.41, 5.74) is 4.28. The van der Waals surface area contributed by atoms with Crippen molar-refractivity contribution in [1.29, 1.82) is 0 Å². The quantitative estimate of drug-likeness (QED) is 0.663. The Labute approximate surface area is 73.1 Å². The number of fused-ring (bicyclic) bond motifs is 1. The van der Waals surface area contributed by atoms with E-state index in [1.807, 2.05) is 6.20 Å². The average molecular weight is 159 g/mol. The van der Waals surface area contributed by atoms with Gasteiger partial charge in [0.25, 0.3) is 0 Å². The molecule has 62 valence electrons. The van der Waals surface area contributed by atoms with Gasteiger partial charge >= 0.3 is 0 Å². The Balaban J connectivity index is 2.54. The van der Waals surface area contributed by atoms with Gasteiger partial charge in [0.15, 0.2) is 0 Å². The zero-order chi connectivity index (χ0) is 8.39. The maximum absolute atomic E-state index is 3.21. The van der Waals surface area contributed by atoms with Gasteiger partial charge in [-0.3, -0.25) is 0 Å². The molecule has 2 rings (SSSR count). The van der Waals surface area contributed by atoms with Gasteiger partial charge in [-0.2, -0.15) is 0 Å². The number of hydrogen-bond acceptors (Lipinski definition) is 1. The Morgan fingerprint density at radius 2 is 2.33 bits per heavy atom. The maximum atomic E-state index is 3.21. The molecule has 1 aliphatic heterocycles. The SMILES string of the molecule is CCc1cccc2c1C=CNC2. The number of rotatable bonds is 1. The summed E-state index contributed by atoms with van der Waals surface area (Å²) in [4.78, 5) is 0. The van der Waals surface area contributed by atoms with Crippen molar-refractivity contribution >= 4 is 6.08 Å². The Hall–Kier alpha value is -1.24. The number of benzene rings is 1. The molecule has 1 nitrogen and oxygen atoms in total. The second-order valence-corrected chi connectivity index (χ2v) is 3.06. The van der Waals surface area contributed by atoms with E-state index in [0.29, 0.717) is 0 Å². The van der Waals surface area contributed by atoms with Crippen LogP contribution in [0.4, 0.5) is 0 Å². The van der Waals surface area contributed by atoms with Crippen LogP contribution in [0.25, 0.3) is 6.08 Å². The van der Waals surface area contributed by atoms with Gasteiger partial charge in [0.1, 0.15) is 0 Å². The molecular weight excluding hydrogens is 146 g/mol. The van der Waals surface area contributed by atoms with Gasteiger partial charge < -0.3 is 5.32 Å². The molecule has 1 aliphatic rings. The molecule has 0 fully saturated rings. The summed E-state index contributed by atoms with van der Waals surface area (Å²) in [6, 6.07) is 6.53. The smallest absolute Gasteiger partial charge is 0.0401 e. The van der Waals surface area contributed by atoms with Crippen LogP contribution in [0.15, 0.2) is 24.4 Å². The topological polar surface area (TPSA) is 12.0 Å². The molecule has 0 spiro atoms. The molecule has 0 saturated heterocycles. The maximum Gasteiger partial charge on any atom is 0.0401 e. The predicted molar refractivity (Wildman–Crippen MR) is 51.7 cm³/mol. The first-order valence-electron chi connectivity index (χ1n) is 4.42. The van der Waals surface area contributed by atoms with Crippen LogP contribution in [-0.2, 0) is 13.0 Å². The van der Waals surface area contributed by atoms with Crippen molar-refractivity contribution in [2.24, 2.45) is 0 Å². The van der Waals surface area contributed by atoms with Crippen molar-refractivity contribution in [2.75, 3.05) is 0 Å². The zero-order valence-electron chi connectivity index (χ0n) is 7.30. The van der Waals surface area contributed by atoms with Crippen LogP contribution in [0.1, 0.15) is 23.6 Å². The van der Waals surface area contributed by atoms with Gasteiger partial charge in [0.05, 0.1) is 0 Å². The minimum atomic E-state index is 0.972. The van der Waals surface area contributed by atoms with E-state index in [9.17, 15) is 0 Å². The second kappa shape index (κ2) is 3.02. The van der Waals surface area contributed by atoms with E-state index in [1.165, 1.54) is 16.7 Å². The van der Waals surface area contributed by atoms with Gasteiger partial charge in [-0.1, -0.05) is 25.1 Å². The molecule has 1 heterocycles. The van der Waals surface area contributed by atoms with Crippen molar-refractivity contribution < 1.29 is 0 Å². The highest BCUT2D eigenvalue weighted by Crippen LogP contribution is 2.19. The zero-order valence-corrected chi connectivity index (χ0v) is 7.30. The highest BCUT2D eigenvalue weighted by Gasteiger charge is 2.05. The van der Waals surface area contributed by atoms with Crippen molar-refractivity contribution in [3.63, 3.8) is 0 Å². The van der Waals surface area contributed by atoms with Gasteiger partial charge in [-0.25, -0.2) is 0 Å². The summed E-state index contributed by atoms with van der Waals surface area (Å²) in [5, 5.41) is 3.21. The molecule has 1 aromatic rings. The fourth-order valence-corrected chi connectivity index (χ4v) is 1.65. The molecule has 1 aromatic carbocycles. The second-order valence-electron chi connectivity index (χ2n) is 3.06. The van der Waals surface area contributed by atoms with Gasteiger partial charge in [-0.05, 0) is 35.4 Å². The van der Waals surface area contributed by atoms with Crippen LogP contribution in [0.2, 0.25) is 0 Å². The third-order valence-electron chi connectivity index (χ3n) is 2.33. The van der Waals surface area contributed by atoms with Crippen LogP contribution in [0, 0.1) is 0 Å². The first kappa shape index (κ1) is 7.41. The molecular formula is C11H13N. The summed E-state index contributed by atoms with van der Waals surface area (Å²) in [5.74, 6) is 0. The Morgan fingerprint density at radius 1 is 1.42 bits per heavy atom. The third kappa shape index (κ3) is 1.11. The van der Waals surface area contributed by atoms with E-state index in [1.54, 1.807) is 0 Å². The lowest BCUT2D eigenvalue weighted by Gasteiger charge is -2.14. The molecule has 0 amide bonds. The predicted octanol–water partition coefficient (Wildman–Crippen LogP) is 2.32. The third-order valence-corrected chi connectivity index (χ3v) is 2.33. The first-order valence-corrected chi connectivity index (χ1v) is 4.42. The van der Waals surface area contributed by atoms with E-state index in [2.05, 4.69) is 36.5 Å². The number of aryl methyl sites for hydroxylation is 1. The van der Waals surface area contributed by atoms with E-state index in [0.717, 1.165) is 13.0 Å². The first-order chi connectivity index (χ1) is 5.92. The summed E-state index contributed by atoms with van der Waals surface area (Å²) in [7, 11) is 0. The molecule has 0 bridgehead atoms. The Bertz CT molecular complexity index is 313. The molecule has 1 N–H and O–H groups in total. The lowest BCUT2D eigenvalue weighted by molar-refractivity contribution is 0.853. The van der Waals surface area contributed by atoms with Crippen LogP contribution >= 0.6 is 0 Å². The van der Waals surface area contributed by atoms with Crippen LogP contribution in [-0.4, -0.2) is 0 Å². The van der Waals surface area contributed by atoms with Gasteiger partial charge in [0, 0.05) is 6.54 Å². The monoisotopic (exact) mass is 159 g/mol. The number of hydrogen-bond donors (Lipinski definition) is 1. The van der Waals surface area contributed by atoms with Gasteiger partial charge in [0.2, 0.25) is 0 Å². The summed E-state index contributed by atoms with van der Waals surface area (Å²) < 4.78 is 0.